The largest absolute Gasteiger partial charge is 0.270 e. The fourth-order valence-electron chi connectivity index (χ4n) is 0.778. The van der Waals surface area contributed by atoms with Crippen LogP contribution in [0.4, 0.5) is 5.69 Å². The first-order valence-electron chi connectivity index (χ1n) is 3.19. The summed E-state index contributed by atoms with van der Waals surface area (Å²) in [6.45, 7) is 0. The Morgan fingerprint density at radius 2 is 2.25 bits per heavy atom. The predicted octanol–water partition coefficient (Wildman–Crippen LogP) is 2.68. The van der Waals surface area contributed by atoms with E-state index < -0.39 is 4.92 Å². The Morgan fingerprint density at radius 1 is 1.58 bits per heavy atom. The molecular formula is C7H6ClNO2S. The highest BCUT2D eigenvalue weighted by Gasteiger charge is 2.07. The van der Waals surface area contributed by atoms with Crippen LogP contribution >= 0.6 is 24.2 Å². The van der Waals surface area contributed by atoms with E-state index in [0.717, 1.165) is 5.56 Å². The smallest absolute Gasteiger partial charge is 0.258 e. The summed E-state index contributed by atoms with van der Waals surface area (Å²) in [7, 11) is 0. The van der Waals surface area contributed by atoms with Crippen molar-refractivity contribution in [2.24, 2.45) is 0 Å². The van der Waals surface area contributed by atoms with E-state index in [9.17, 15) is 10.1 Å². The second kappa shape index (κ2) is 3.78. The Balaban J connectivity index is 3.10. The van der Waals surface area contributed by atoms with Crippen LogP contribution in [0.3, 0.4) is 0 Å². The number of nitro groups is 1. The van der Waals surface area contributed by atoms with Crippen LogP contribution in [0.25, 0.3) is 0 Å². The van der Waals surface area contributed by atoms with Crippen LogP contribution in [0, 0.1) is 10.1 Å². The predicted molar refractivity (Wildman–Crippen MR) is 50.8 cm³/mol. The third-order valence-electron chi connectivity index (χ3n) is 1.42. The summed E-state index contributed by atoms with van der Waals surface area (Å²) in [4.78, 5) is 9.80. The Kier molecular flexibility index (Phi) is 2.94. The van der Waals surface area contributed by atoms with E-state index in [1.54, 1.807) is 6.07 Å². The van der Waals surface area contributed by atoms with E-state index in [-0.39, 0.29) is 5.69 Å². The van der Waals surface area contributed by atoms with E-state index in [4.69, 9.17) is 11.6 Å². The number of rotatable bonds is 2. The van der Waals surface area contributed by atoms with Gasteiger partial charge in [0.1, 0.15) is 0 Å². The zero-order valence-electron chi connectivity index (χ0n) is 6.03. The van der Waals surface area contributed by atoms with Crippen molar-refractivity contribution in [3.63, 3.8) is 0 Å². The number of nitrogens with zero attached hydrogens (tertiary/aromatic N) is 1. The van der Waals surface area contributed by atoms with Gasteiger partial charge < -0.3 is 0 Å². The molecule has 64 valence electrons. The lowest BCUT2D eigenvalue weighted by Crippen LogP contribution is -1.88. The Bertz CT molecular complexity index is 316. The van der Waals surface area contributed by atoms with Gasteiger partial charge in [0.15, 0.2) is 0 Å². The molecule has 1 rings (SSSR count). The van der Waals surface area contributed by atoms with Gasteiger partial charge in [-0.05, 0) is 11.6 Å². The Morgan fingerprint density at radius 3 is 2.67 bits per heavy atom. The molecule has 0 aliphatic heterocycles. The van der Waals surface area contributed by atoms with Crippen LogP contribution in [-0.4, -0.2) is 4.92 Å². The van der Waals surface area contributed by atoms with E-state index in [0.29, 0.717) is 10.8 Å². The van der Waals surface area contributed by atoms with Crippen molar-refractivity contribution in [2.45, 2.75) is 5.75 Å². The summed E-state index contributed by atoms with van der Waals surface area (Å²) in [6, 6.07) is 4.35. The van der Waals surface area contributed by atoms with Gasteiger partial charge in [-0.1, -0.05) is 11.6 Å². The van der Waals surface area contributed by atoms with Crippen LogP contribution in [0.15, 0.2) is 18.2 Å². The zero-order chi connectivity index (χ0) is 9.14. The van der Waals surface area contributed by atoms with Crippen LogP contribution in [-0.2, 0) is 5.75 Å². The van der Waals surface area contributed by atoms with E-state index >= 15 is 0 Å². The summed E-state index contributed by atoms with van der Waals surface area (Å²) < 4.78 is 0. The molecule has 1 aromatic rings. The third-order valence-corrected chi connectivity index (χ3v) is 2.11. The average Bonchev–Trinajstić information content (AvgIpc) is 2.04. The van der Waals surface area contributed by atoms with Crippen molar-refractivity contribution >= 4 is 29.9 Å². The SMILES string of the molecule is O=[N+]([O-])c1ccc(CS)c(Cl)c1. The molecule has 0 heterocycles. The van der Waals surface area contributed by atoms with Gasteiger partial charge in [0.05, 0.1) is 9.95 Å². The van der Waals surface area contributed by atoms with Crippen molar-refractivity contribution < 1.29 is 4.92 Å². The molecule has 0 spiro atoms. The highest BCUT2D eigenvalue weighted by molar-refractivity contribution is 7.79. The minimum atomic E-state index is -0.478. The lowest BCUT2D eigenvalue weighted by Gasteiger charge is -1.98. The number of halogens is 1. The normalized spacial score (nSPS) is 9.83. The molecule has 5 heteroatoms. The second-order valence-electron chi connectivity index (χ2n) is 2.19. The van der Waals surface area contributed by atoms with Gasteiger partial charge in [-0.25, -0.2) is 0 Å². The molecule has 0 N–H and O–H groups in total. The van der Waals surface area contributed by atoms with Crippen molar-refractivity contribution in [3.05, 3.63) is 38.9 Å². The monoisotopic (exact) mass is 203 g/mol. The summed E-state index contributed by atoms with van der Waals surface area (Å²) in [5.41, 5.74) is 0.802. The molecule has 0 radical (unpaired) electrons. The average molecular weight is 204 g/mol. The van der Waals surface area contributed by atoms with E-state index in [2.05, 4.69) is 12.6 Å². The fraction of sp³-hybridized carbons (Fsp3) is 0.143. The molecule has 12 heavy (non-hydrogen) atoms. The van der Waals surface area contributed by atoms with Crippen LogP contribution in [0.1, 0.15) is 5.56 Å². The van der Waals surface area contributed by atoms with Gasteiger partial charge in [0.2, 0.25) is 0 Å². The first kappa shape index (κ1) is 9.35. The lowest BCUT2D eigenvalue weighted by atomic mass is 10.2. The van der Waals surface area contributed by atoms with E-state index in [1.165, 1.54) is 12.1 Å². The molecule has 0 aromatic heterocycles. The zero-order valence-corrected chi connectivity index (χ0v) is 7.68. The van der Waals surface area contributed by atoms with Gasteiger partial charge in [-0.3, -0.25) is 10.1 Å². The van der Waals surface area contributed by atoms with Crippen LogP contribution < -0.4 is 0 Å². The number of hydrogen-bond acceptors (Lipinski definition) is 3. The molecule has 0 saturated carbocycles. The summed E-state index contributed by atoms with van der Waals surface area (Å²) in [5.74, 6) is 0.483. The summed E-state index contributed by atoms with van der Waals surface area (Å²) in [6.07, 6.45) is 0. The lowest BCUT2D eigenvalue weighted by molar-refractivity contribution is -0.384. The van der Waals surface area contributed by atoms with E-state index in [1.807, 2.05) is 0 Å². The molecule has 0 fully saturated rings. The summed E-state index contributed by atoms with van der Waals surface area (Å²) in [5, 5.41) is 10.7. The number of benzene rings is 1. The van der Waals surface area contributed by atoms with Gasteiger partial charge in [-0.2, -0.15) is 12.6 Å². The second-order valence-corrected chi connectivity index (χ2v) is 2.91. The van der Waals surface area contributed by atoms with Gasteiger partial charge in [-0.15, -0.1) is 0 Å². The standard InChI is InChI=1S/C7H6ClNO2S/c8-7-3-6(9(10)11)2-1-5(7)4-12/h1-3,12H,4H2. The van der Waals surface area contributed by atoms with Gasteiger partial charge in [0, 0.05) is 17.9 Å². The maximum Gasteiger partial charge on any atom is 0.270 e. The molecule has 0 aliphatic carbocycles. The molecule has 0 saturated heterocycles. The van der Waals surface area contributed by atoms with Crippen molar-refractivity contribution in [1.29, 1.82) is 0 Å². The number of nitro benzene ring substituents is 1. The van der Waals surface area contributed by atoms with Crippen LogP contribution in [0.2, 0.25) is 5.02 Å². The van der Waals surface area contributed by atoms with Crippen molar-refractivity contribution in [1.82, 2.24) is 0 Å². The maximum absolute atomic E-state index is 10.3. The first-order chi connectivity index (χ1) is 5.65. The number of thiol groups is 1. The molecule has 0 amide bonds. The molecule has 0 unspecified atom stereocenters. The van der Waals surface area contributed by atoms with Gasteiger partial charge >= 0.3 is 0 Å². The van der Waals surface area contributed by atoms with Crippen LogP contribution in [0.5, 0.6) is 0 Å². The number of hydrogen-bond donors (Lipinski definition) is 1. The minimum Gasteiger partial charge on any atom is -0.258 e. The van der Waals surface area contributed by atoms with Gasteiger partial charge in [0.25, 0.3) is 5.69 Å². The molecule has 0 aliphatic rings. The third kappa shape index (κ3) is 1.89. The maximum atomic E-state index is 10.3. The Hall–Kier alpha value is -0.740. The minimum absolute atomic E-state index is 0.00512. The molecule has 0 bridgehead atoms. The molecule has 0 atom stereocenters. The molecule has 3 nitrogen and oxygen atoms in total. The Labute approximate surface area is 79.9 Å². The summed E-state index contributed by atoms with van der Waals surface area (Å²) >= 11 is 9.73. The topological polar surface area (TPSA) is 43.1 Å². The number of non-ortho nitro benzene ring substituents is 1. The quantitative estimate of drug-likeness (QED) is 0.456. The molecule has 1 aromatic carbocycles. The van der Waals surface area contributed by atoms with Crippen molar-refractivity contribution in [2.75, 3.05) is 0 Å². The fourth-order valence-corrected chi connectivity index (χ4v) is 1.39. The highest BCUT2D eigenvalue weighted by Crippen LogP contribution is 2.23. The first-order valence-corrected chi connectivity index (χ1v) is 4.20. The highest BCUT2D eigenvalue weighted by atomic mass is 35.5. The molecular weight excluding hydrogens is 198 g/mol. The van der Waals surface area contributed by atoms with Crippen molar-refractivity contribution in [3.8, 4) is 0 Å².